The lowest BCUT2D eigenvalue weighted by Gasteiger charge is -2.27. The first-order valence-electron chi connectivity index (χ1n) is 6.05. The number of fused-ring (bicyclic) bond motifs is 3. The van der Waals surface area contributed by atoms with E-state index in [2.05, 4.69) is 10.3 Å². The molecular formula is C12H12F3N3O2. The first-order chi connectivity index (χ1) is 9.23. The zero-order chi connectivity index (χ0) is 14.7. The van der Waals surface area contributed by atoms with E-state index in [4.69, 9.17) is 4.52 Å². The SMILES string of the molecule is C[C@@H]1Cn2nccc2-c2onc([C@](C)(O)C(F)(F)F)c21. The molecule has 108 valence electrons. The van der Waals surface area contributed by atoms with Crippen LogP contribution >= 0.6 is 0 Å². The predicted octanol–water partition coefficient (Wildman–Crippen LogP) is 2.43. The van der Waals surface area contributed by atoms with Crippen LogP contribution in [0.1, 0.15) is 31.0 Å². The van der Waals surface area contributed by atoms with Gasteiger partial charge >= 0.3 is 6.18 Å². The second-order valence-corrected chi connectivity index (χ2v) is 5.14. The van der Waals surface area contributed by atoms with Gasteiger partial charge in [-0.15, -0.1) is 0 Å². The van der Waals surface area contributed by atoms with Gasteiger partial charge in [0, 0.05) is 24.2 Å². The van der Waals surface area contributed by atoms with Crippen LogP contribution in [-0.4, -0.2) is 26.2 Å². The molecule has 0 radical (unpaired) electrons. The molecule has 20 heavy (non-hydrogen) atoms. The van der Waals surface area contributed by atoms with Gasteiger partial charge in [-0.1, -0.05) is 12.1 Å². The van der Waals surface area contributed by atoms with Gasteiger partial charge in [-0.3, -0.25) is 4.68 Å². The zero-order valence-corrected chi connectivity index (χ0v) is 10.8. The number of nitrogens with zero attached hydrogens (tertiary/aromatic N) is 3. The molecule has 0 saturated heterocycles. The molecule has 0 fully saturated rings. The molecule has 1 aliphatic heterocycles. The standard InChI is InChI=1S/C12H12F3N3O2/c1-6-5-18-7(3-4-16-18)9-8(6)10(17-20-9)11(2,19)12(13,14)15/h3-4,6,19H,5H2,1-2H3/t6-,11+/m1/s1. The third-order valence-electron chi connectivity index (χ3n) is 3.63. The summed E-state index contributed by atoms with van der Waals surface area (Å²) in [6.45, 7) is 2.85. The fourth-order valence-electron chi connectivity index (χ4n) is 2.45. The van der Waals surface area contributed by atoms with Crippen molar-refractivity contribution in [1.29, 1.82) is 0 Å². The zero-order valence-electron chi connectivity index (χ0n) is 10.8. The van der Waals surface area contributed by atoms with E-state index in [0.29, 0.717) is 24.7 Å². The Morgan fingerprint density at radius 3 is 2.80 bits per heavy atom. The maximum atomic E-state index is 13.0. The molecule has 0 unspecified atom stereocenters. The second kappa shape index (κ2) is 3.85. The summed E-state index contributed by atoms with van der Waals surface area (Å²) in [4.78, 5) is 0. The average molecular weight is 287 g/mol. The average Bonchev–Trinajstić information content (AvgIpc) is 2.91. The first kappa shape index (κ1) is 13.2. The molecule has 2 aromatic heterocycles. The topological polar surface area (TPSA) is 64.1 Å². The highest BCUT2D eigenvalue weighted by Crippen LogP contribution is 2.45. The van der Waals surface area contributed by atoms with Crippen LogP contribution in [0.4, 0.5) is 13.2 Å². The van der Waals surface area contributed by atoms with E-state index in [9.17, 15) is 18.3 Å². The van der Waals surface area contributed by atoms with Crippen molar-refractivity contribution in [1.82, 2.24) is 14.9 Å². The summed E-state index contributed by atoms with van der Waals surface area (Å²) in [6, 6.07) is 1.64. The van der Waals surface area contributed by atoms with Gasteiger partial charge in [0.15, 0.2) is 5.76 Å². The third-order valence-corrected chi connectivity index (χ3v) is 3.63. The maximum Gasteiger partial charge on any atom is 0.422 e. The van der Waals surface area contributed by atoms with Crippen molar-refractivity contribution in [2.24, 2.45) is 0 Å². The van der Waals surface area contributed by atoms with Crippen molar-refractivity contribution in [3.05, 3.63) is 23.5 Å². The molecule has 0 spiro atoms. The molecular weight excluding hydrogens is 275 g/mol. The van der Waals surface area contributed by atoms with E-state index in [-0.39, 0.29) is 11.7 Å². The number of alkyl halides is 3. The lowest BCUT2D eigenvalue weighted by Crippen LogP contribution is -2.40. The van der Waals surface area contributed by atoms with Gasteiger partial charge in [-0.05, 0) is 13.0 Å². The minimum atomic E-state index is -4.82. The molecule has 0 amide bonds. The summed E-state index contributed by atoms with van der Waals surface area (Å²) in [7, 11) is 0. The van der Waals surface area contributed by atoms with Gasteiger partial charge in [-0.2, -0.15) is 18.3 Å². The largest absolute Gasteiger partial charge is 0.422 e. The number of halogens is 3. The molecule has 3 heterocycles. The van der Waals surface area contributed by atoms with Crippen LogP contribution in [0.5, 0.6) is 0 Å². The molecule has 2 aromatic rings. The van der Waals surface area contributed by atoms with Crippen LogP contribution in [0.15, 0.2) is 16.8 Å². The Balaban J connectivity index is 2.20. The molecule has 1 N–H and O–H groups in total. The molecule has 8 heteroatoms. The van der Waals surface area contributed by atoms with Crippen LogP contribution in [0.25, 0.3) is 11.5 Å². The Hall–Kier alpha value is -1.83. The van der Waals surface area contributed by atoms with E-state index in [1.54, 1.807) is 23.9 Å². The quantitative estimate of drug-likeness (QED) is 0.875. The van der Waals surface area contributed by atoms with E-state index < -0.39 is 17.5 Å². The number of aromatic nitrogens is 3. The highest BCUT2D eigenvalue weighted by molar-refractivity contribution is 5.61. The van der Waals surface area contributed by atoms with Crippen LogP contribution < -0.4 is 0 Å². The number of hydrogen-bond donors (Lipinski definition) is 1. The second-order valence-electron chi connectivity index (χ2n) is 5.14. The minimum absolute atomic E-state index is 0.237. The smallest absolute Gasteiger partial charge is 0.375 e. The van der Waals surface area contributed by atoms with Crippen LogP contribution in [0, 0.1) is 0 Å². The minimum Gasteiger partial charge on any atom is -0.375 e. The Labute approximate surface area is 112 Å². The summed E-state index contributed by atoms with van der Waals surface area (Å²) in [5.41, 5.74) is -2.66. The van der Waals surface area contributed by atoms with E-state index in [0.717, 1.165) is 0 Å². The molecule has 0 bridgehead atoms. The van der Waals surface area contributed by atoms with E-state index in [1.165, 1.54) is 0 Å². The van der Waals surface area contributed by atoms with E-state index >= 15 is 0 Å². The molecule has 0 aromatic carbocycles. The fourth-order valence-corrected chi connectivity index (χ4v) is 2.45. The molecule has 1 aliphatic rings. The Kier molecular flexibility index (Phi) is 2.53. The van der Waals surface area contributed by atoms with Gasteiger partial charge in [0.05, 0.1) is 0 Å². The van der Waals surface area contributed by atoms with Gasteiger partial charge in [0.25, 0.3) is 0 Å². The summed E-state index contributed by atoms with van der Waals surface area (Å²) < 4.78 is 45.6. The summed E-state index contributed by atoms with van der Waals surface area (Å²) in [5, 5.41) is 17.4. The van der Waals surface area contributed by atoms with Crippen LogP contribution in [-0.2, 0) is 12.1 Å². The Bertz CT molecular complexity index is 657. The Morgan fingerprint density at radius 2 is 2.15 bits per heavy atom. The van der Waals surface area contributed by atoms with Gasteiger partial charge in [0.1, 0.15) is 11.4 Å². The van der Waals surface area contributed by atoms with Crippen molar-refractivity contribution in [3.8, 4) is 11.5 Å². The summed E-state index contributed by atoms with van der Waals surface area (Å²) in [6.07, 6.45) is -3.28. The number of hydrogen-bond acceptors (Lipinski definition) is 4. The lowest BCUT2D eigenvalue weighted by molar-refractivity contribution is -0.261. The maximum absolute atomic E-state index is 13.0. The molecule has 3 rings (SSSR count). The first-order valence-corrected chi connectivity index (χ1v) is 6.05. The highest BCUT2D eigenvalue weighted by Gasteiger charge is 2.55. The van der Waals surface area contributed by atoms with Crippen molar-refractivity contribution in [2.45, 2.75) is 38.1 Å². The van der Waals surface area contributed by atoms with Gasteiger partial charge in [-0.25, -0.2) is 0 Å². The van der Waals surface area contributed by atoms with Gasteiger partial charge in [0.2, 0.25) is 5.60 Å². The number of aliphatic hydroxyl groups is 1. The van der Waals surface area contributed by atoms with Crippen molar-refractivity contribution in [3.63, 3.8) is 0 Å². The molecule has 0 aliphatic carbocycles. The highest BCUT2D eigenvalue weighted by atomic mass is 19.4. The number of rotatable bonds is 1. The summed E-state index contributed by atoms with van der Waals surface area (Å²) >= 11 is 0. The third kappa shape index (κ3) is 1.60. The molecule has 5 nitrogen and oxygen atoms in total. The lowest BCUT2D eigenvalue weighted by atomic mass is 9.88. The predicted molar refractivity (Wildman–Crippen MR) is 61.8 cm³/mol. The Morgan fingerprint density at radius 1 is 1.45 bits per heavy atom. The molecule has 0 saturated carbocycles. The van der Waals surface area contributed by atoms with Crippen molar-refractivity contribution in [2.75, 3.05) is 0 Å². The fraction of sp³-hybridized carbons (Fsp3) is 0.500. The van der Waals surface area contributed by atoms with Crippen LogP contribution in [0.3, 0.4) is 0 Å². The van der Waals surface area contributed by atoms with Crippen LogP contribution in [0.2, 0.25) is 0 Å². The van der Waals surface area contributed by atoms with Crippen molar-refractivity contribution < 1.29 is 22.8 Å². The molecule has 2 atom stereocenters. The summed E-state index contributed by atoms with van der Waals surface area (Å²) in [5.74, 6) is -0.0479. The monoisotopic (exact) mass is 287 g/mol. The van der Waals surface area contributed by atoms with Gasteiger partial charge < -0.3 is 9.63 Å². The normalized spacial score (nSPS) is 21.2. The van der Waals surface area contributed by atoms with Crippen molar-refractivity contribution >= 4 is 0 Å². The van der Waals surface area contributed by atoms with E-state index in [1.807, 2.05) is 0 Å².